The number of rotatable bonds is 6. The molecule has 1 amide bonds. The number of hydrogen-bond acceptors (Lipinski definition) is 4. The van der Waals surface area contributed by atoms with Gasteiger partial charge in [0.05, 0.1) is 19.3 Å². The molecule has 0 saturated heterocycles. The number of ether oxygens (including phenoxy) is 3. The van der Waals surface area contributed by atoms with Crippen LogP contribution in [-0.4, -0.2) is 25.7 Å². The highest BCUT2D eigenvalue weighted by Gasteiger charge is 2.21. The van der Waals surface area contributed by atoms with Gasteiger partial charge in [0.25, 0.3) is 5.91 Å². The quantitative estimate of drug-likeness (QED) is 0.634. The van der Waals surface area contributed by atoms with Crippen molar-refractivity contribution in [1.82, 2.24) is 5.32 Å². The van der Waals surface area contributed by atoms with E-state index in [4.69, 9.17) is 14.2 Å². The Kier molecular flexibility index (Phi) is 6.07. The van der Waals surface area contributed by atoms with E-state index >= 15 is 0 Å². The Labute approximate surface area is 177 Å². The maximum atomic E-state index is 12.6. The first kappa shape index (κ1) is 20.1. The Balaban J connectivity index is 1.42. The first-order chi connectivity index (χ1) is 14.6. The average Bonchev–Trinajstić information content (AvgIpc) is 3.00. The predicted octanol–water partition coefficient (Wildman–Crippen LogP) is 4.89. The van der Waals surface area contributed by atoms with Gasteiger partial charge in [-0.15, -0.1) is 0 Å². The summed E-state index contributed by atoms with van der Waals surface area (Å²) in [5, 5.41) is 5.33. The second kappa shape index (κ2) is 9.08. The van der Waals surface area contributed by atoms with E-state index in [0.29, 0.717) is 19.0 Å². The third kappa shape index (κ3) is 4.67. The monoisotopic (exact) mass is 405 g/mol. The molecule has 0 bridgehead atoms. The molecule has 4 rings (SSSR count). The maximum absolute atomic E-state index is 12.6. The highest BCUT2D eigenvalue weighted by Crippen LogP contribution is 2.34. The van der Waals surface area contributed by atoms with Crippen LogP contribution >= 0.6 is 0 Å². The van der Waals surface area contributed by atoms with E-state index in [1.54, 1.807) is 0 Å². The number of carbonyl (C=O) groups excluding carboxylic acids is 1. The lowest BCUT2D eigenvalue weighted by Gasteiger charge is -2.24. The first-order valence-electron chi connectivity index (χ1n) is 10.4. The van der Waals surface area contributed by atoms with Crippen LogP contribution in [0.3, 0.4) is 0 Å². The average molecular weight is 405 g/mol. The van der Waals surface area contributed by atoms with Crippen LogP contribution in [0.4, 0.5) is 0 Å². The molecule has 0 spiro atoms. The molecule has 0 saturated carbocycles. The van der Waals surface area contributed by atoms with Gasteiger partial charge >= 0.3 is 0 Å². The van der Waals surface area contributed by atoms with Crippen molar-refractivity contribution in [3.63, 3.8) is 0 Å². The van der Waals surface area contributed by atoms with Crippen molar-refractivity contribution in [2.75, 3.05) is 19.8 Å². The minimum absolute atomic E-state index is 0.0356. The van der Waals surface area contributed by atoms with Crippen LogP contribution in [0.5, 0.6) is 17.2 Å². The van der Waals surface area contributed by atoms with Gasteiger partial charge in [-0.05, 0) is 46.5 Å². The lowest BCUT2D eigenvalue weighted by molar-refractivity contribution is -0.124. The number of carbonyl (C=O) groups is 1. The Morgan fingerprint density at radius 3 is 2.53 bits per heavy atom. The van der Waals surface area contributed by atoms with Crippen molar-refractivity contribution in [2.24, 2.45) is 5.92 Å². The molecule has 1 atom stereocenters. The molecule has 3 aromatic carbocycles. The highest BCUT2D eigenvalue weighted by molar-refractivity contribution is 5.84. The van der Waals surface area contributed by atoms with Crippen LogP contribution in [0.25, 0.3) is 10.8 Å². The number of nitrogens with one attached hydrogen (secondary N) is 1. The number of amides is 1. The summed E-state index contributed by atoms with van der Waals surface area (Å²) in [6, 6.07) is 19.6. The van der Waals surface area contributed by atoms with Crippen LogP contribution in [0, 0.1) is 5.92 Å². The van der Waals surface area contributed by atoms with Crippen LogP contribution in [0.1, 0.15) is 31.9 Å². The van der Waals surface area contributed by atoms with Crippen molar-refractivity contribution in [1.29, 1.82) is 0 Å². The first-order valence-corrected chi connectivity index (χ1v) is 10.4. The minimum atomic E-state index is -0.158. The molecule has 1 N–H and O–H groups in total. The Morgan fingerprint density at radius 2 is 1.73 bits per heavy atom. The smallest absolute Gasteiger partial charge is 0.258 e. The molecular weight excluding hydrogens is 378 g/mol. The number of fused-ring (bicyclic) bond motifs is 2. The molecule has 1 aliphatic rings. The summed E-state index contributed by atoms with van der Waals surface area (Å²) in [5.74, 6) is 2.22. The van der Waals surface area contributed by atoms with Crippen LogP contribution in [0.2, 0.25) is 0 Å². The second-order valence-corrected chi connectivity index (χ2v) is 7.84. The third-order valence-electron chi connectivity index (χ3n) is 5.20. The molecular formula is C25H27NO4. The van der Waals surface area contributed by atoms with Gasteiger partial charge in [0.2, 0.25) is 0 Å². The van der Waals surface area contributed by atoms with E-state index in [2.05, 4.69) is 19.2 Å². The molecule has 3 aromatic rings. The number of benzene rings is 3. The molecule has 0 aromatic heterocycles. The summed E-state index contributed by atoms with van der Waals surface area (Å²) < 4.78 is 17.3. The molecule has 1 heterocycles. The zero-order chi connectivity index (χ0) is 20.9. The summed E-state index contributed by atoms with van der Waals surface area (Å²) >= 11 is 0. The summed E-state index contributed by atoms with van der Waals surface area (Å²) in [7, 11) is 0. The molecule has 0 fully saturated rings. The van der Waals surface area contributed by atoms with E-state index in [9.17, 15) is 4.79 Å². The van der Waals surface area contributed by atoms with Crippen LogP contribution in [0.15, 0.2) is 60.7 Å². The normalized spacial score (nSPS) is 14.2. The highest BCUT2D eigenvalue weighted by atomic mass is 16.5. The van der Waals surface area contributed by atoms with Gasteiger partial charge in [-0.3, -0.25) is 4.79 Å². The molecule has 156 valence electrons. The van der Waals surface area contributed by atoms with E-state index in [-0.39, 0.29) is 24.5 Å². The topological polar surface area (TPSA) is 56.8 Å². The number of hydrogen-bond donors (Lipinski definition) is 1. The largest absolute Gasteiger partial charge is 0.490 e. The SMILES string of the molecule is CC(C)[C@@H](NC(=O)COc1ccc2ccccc2c1)c1ccc2c(c1)OCCCO2. The van der Waals surface area contributed by atoms with Crippen molar-refractivity contribution in [2.45, 2.75) is 26.3 Å². The van der Waals surface area contributed by atoms with Crippen molar-refractivity contribution >= 4 is 16.7 Å². The molecule has 5 nitrogen and oxygen atoms in total. The second-order valence-electron chi connectivity index (χ2n) is 7.84. The van der Waals surface area contributed by atoms with Gasteiger partial charge in [-0.2, -0.15) is 0 Å². The van der Waals surface area contributed by atoms with Gasteiger partial charge in [-0.1, -0.05) is 50.2 Å². The molecule has 0 radical (unpaired) electrons. The van der Waals surface area contributed by atoms with E-state index < -0.39 is 0 Å². The Morgan fingerprint density at radius 1 is 0.967 bits per heavy atom. The van der Waals surface area contributed by atoms with E-state index in [0.717, 1.165) is 34.3 Å². The minimum Gasteiger partial charge on any atom is -0.490 e. The van der Waals surface area contributed by atoms with Gasteiger partial charge in [0.15, 0.2) is 18.1 Å². The molecule has 5 heteroatoms. The molecule has 1 aliphatic heterocycles. The fraction of sp³-hybridized carbons (Fsp3) is 0.320. The maximum Gasteiger partial charge on any atom is 0.258 e. The molecule has 0 aliphatic carbocycles. The van der Waals surface area contributed by atoms with Crippen LogP contribution in [-0.2, 0) is 4.79 Å². The zero-order valence-corrected chi connectivity index (χ0v) is 17.4. The summed E-state index contributed by atoms with van der Waals surface area (Å²) in [5.41, 5.74) is 0.994. The predicted molar refractivity (Wildman–Crippen MR) is 117 cm³/mol. The standard InChI is InChI=1S/C25H27NO4/c1-17(2)25(20-9-11-22-23(15-20)29-13-5-12-28-22)26-24(27)16-30-21-10-8-18-6-3-4-7-19(18)14-21/h3-4,6-11,14-15,17,25H,5,12-13,16H2,1-2H3,(H,26,27)/t25-/m1/s1. The molecule has 0 unspecified atom stereocenters. The van der Waals surface area contributed by atoms with Gasteiger partial charge in [-0.25, -0.2) is 0 Å². The fourth-order valence-corrected chi connectivity index (χ4v) is 3.63. The van der Waals surface area contributed by atoms with Crippen molar-refractivity contribution in [3.8, 4) is 17.2 Å². The summed E-state index contributed by atoms with van der Waals surface area (Å²) in [4.78, 5) is 12.6. The lowest BCUT2D eigenvalue weighted by Crippen LogP contribution is -2.35. The molecule has 30 heavy (non-hydrogen) atoms. The summed E-state index contributed by atoms with van der Waals surface area (Å²) in [6.07, 6.45) is 0.862. The van der Waals surface area contributed by atoms with Gasteiger partial charge in [0, 0.05) is 6.42 Å². The van der Waals surface area contributed by atoms with Crippen LogP contribution < -0.4 is 19.5 Å². The van der Waals surface area contributed by atoms with E-state index in [1.807, 2.05) is 60.7 Å². The van der Waals surface area contributed by atoms with E-state index in [1.165, 1.54) is 0 Å². The summed E-state index contributed by atoms with van der Waals surface area (Å²) in [6.45, 7) is 5.42. The fourth-order valence-electron chi connectivity index (χ4n) is 3.63. The van der Waals surface area contributed by atoms with Gasteiger partial charge < -0.3 is 19.5 Å². The van der Waals surface area contributed by atoms with Crippen molar-refractivity contribution < 1.29 is 19.0 Å². The zero-order valence-electron chi connectivity index (χ0n) is 17.4. The lowest BCUT2D eigenvalue weighted by atomic mass is 9.95. The Hall–Kier alpha value is -3.21. The Bertz CT molecular complexity index is 1030. The third-order valence-corrected chi connectivity index (χ3v) is 5.20. The van der Waals surface area contributed by atoms with Gasteiger partial charge in [0.1, 0.15) is 5.75 Å². The van der Waals surface area contributed by atoms with Crippen molar-refractivity contribution in [3.05, 3.63) is 66.2 Å².